The first-order chi connectivity index (χ1) is 12.0. The highest BCUT2D eigenvalue weighted by atomic mass is 16.2. The third-order valence-corrected chi connectivity index (χ3v) is 4.25. The zero-order valence-electron chi connectivity index (χ0n) is 15.4. The van der Waals surface area contributed by atoms with Gasteiger partial charge in [0.1, 0.15) is 6.42 Å². The number of aryl methyl sites for hydroxylation is 3. The molecule has 0 aliphatic rings. The van der Waals surface area contributed by atoms with Crippen molar-refractivity contribution in [3.05, 3.63) is 59.2 Å². The van der Waals surface area contributed by atoms with Crippen LogP contribution in [-0.4, -0.2) is 18.4 Å². The first-order valence-corrected chi connectivity index (χ1v) is 8.71. The summed E-state index contributed by atoms with van der Waals surface area (Å²) in [6.45, 7) is 8.43. The Morgan fingerprint density at radius 3 is 2.40 bits per heavy atom. The molecule has 4 nitrogen and oxygen atoms in total. The molecule has 0 saturated heterocycles. The van der Waals surface area contributed by atoms with Gasteiger partial charge in [-0.1, -0.05) is 37.3 Å². The molecule has 0 aromatic heterocycles. The summed E-state index contributed by atoms with van der Waals surface area (Å²) in [6.07, 6.45) is 0.662. The topological polar surface area (TPSA) is 49.4 Å². The predicted octanol–water partition coefficient (Wildman–Crippen LogP) is 4.25. The minimum atomic E-state index is -0.278. The van der Waals surface area contributed by atoms with Crippen LogP contribution in [0.5, 0.6) is 0 Å². The van der Waals surface area contributed by atoms with Gasteiger partial charge >= 0.3 is 0 Å². The number of anilines is 2. The van der Waals surface area contributed by atoms with E-state index < -0.39 is 0 Å². The maximum atomic E-state index is 12.6. The molecule has 0 unspecified atom stereocenters. The van der Waals surface area contributed by atoms with E-state index in [1.54, 1.807) is 4.90 Å². The number of rotatable bonds is 6. The fraction of sp³-hybridized carbons (Fsp3) is 0.333. The van der Waals surface area contributed by atoms with Gasteiger partial charge in [0.25, 0.3) is 0 Å². The highest BCUT2D eigenvalue weighted by Crippen LogP contribution is 2.22. The molecule has 4 heteroatoms. The zero-order chi connectivity index (χ0) is 18.4. The van der Waals surface area contributed by atoms with Gasteiger partial charge in [-0.05, 0) is 56.0 Å². The van der Waals surface area contributed by atoms with Crippen molar-refractivity contribution in [2.45, 2.75) is 40.5 Å². The molecule has 132 valence electrons. The second kappa shape index (κ2) is 8.47. The number of hydrogen-bond donors (Lipinski definition) is 1. The number of carbonyl (C=O) groups is 2. The summed E-state index contributed by atoms with van der Waals surface area (Å²) < 4.78 is 0. The van der Waals surface area contributed by atoms with Gasteiger partial charge in [0.05, 0.1) is 0 Å². The summed E-state index contributed by atoms with van der Waals surface area (Å²) in [5, 5.41) is 2.92. The maximum absolute atomic E-state index is 12.6. The molecule has 1 N–H and O–H groups in total. The number of amides is 2. The number of nitrogens with one attached hydrogen (secondary N) is 1. The standard InChI is InChI=1S/C21H26N2O2/c1-5-17-11-8-10-16(4)21(17)22-19(24)14-20(25)23(6-2)18-12-7-9-15(3)13-18/h7-13H,5-6,14H2,1-4H3,(H,22,24). The molecule has 0 fully saturated rings. The summed E-state index contributed by atoms with van der Waals surface area (Å²) in [6, 6.07) is 13.7. The Balaban J connectivity index is 2.10. The highest BCUT2D eigenvalue weighted by Gasteiger charge is 2.18. The SMILES string of the molecule is CCc1cccc(C)c1NC(=O)CC(=O)N(CC)c1cccc(C)c1. The number of nitrogens with zero attached hydrogens (tertiary/aromatic N) is 1. The van der Waals surface area contributed by atoms with Crippen molar-refractivity contribution in [1.29, 1.82) is 0 Å². The Kier molecular flexibility index (Phi) is 6.34. The molecule has 0 aliphatic carbocycles. The van der Waals surface area contributed by atoms with E-state index in [0.29, 0.717) is 6.54 Å². The smallest absolute Gasteiger partial charge is 0.236 e. The summed E-state index contributed by atoms with van der Waals surface area (Å²) in [5.41, 5.74) is 4.81. The van der Waals surface area contributed by atoms with Gasteiger partial charge in [-0.15, -0.1) is 0 Å². The zero-order valence-corrected chi connectivity index (χ0v) is 15.4. The predicted molar refractivity (Wildman–Crippen MR) is 103 cm³/mol. The van der Waals surface area contributed by atoms with Crippen LogP contribution in [-0.2, 0) is 16.0 Å². The molecule has 0 atom stereocenters. The van der Waals surface area contributed by atoms with Gasteiger partial charge in [0, 0.05) is 17.9 Å². The lowest BCUT2D eigenvalue weighted by Crippen LogP contribution is -2.33. The quantitative estimate of drug-likeness (QED) is 0.801. The minimum Gasteiger partial charge on any atom is -0.325 e. The third-order valence-electron chi connectivity index (χ3n) is 4.25. The molecule has 0 saturated carbocycles. The minimum absolute atomic E-state index is 0.167. The first kappa shape index (κ1) is 18.7. The lowest BCUT2D eigenvalue weighted by Gasteiger charge is -2.21. The Labute approximate surface area is 149 Å². The molecule has 0 aliphatic heterocycles. The van der Waals surface area contributed by atoms with Crippen molar-refractivity contribution >= 4 is 23.2 Å². The van der Waals surface area contributed by atoms with E-state index in [0.717, 1.165) is 34.5 Å². The second-order valence-corrected chi connectivity index (χ2v) is 6.16. The number of para-hydroxylation sites is 1. The van der Waals surface area contributed by atoms with Crippen molar-refractivity contribution in [3.63, 3.8) is 0 Å². The molecule has 2 aromatic rings. The van der Waals surface area contributed by atoms with Gasteiger partial charge < -0.3 is 10.2 Å². The molecule has 0 bridgehead atoms. The van der Waals surface area contributed by atoms with Crippen molar-refractivity contribution < 1.29 is 9.59 Å². The Morgan fingerprint density at radius 2 is 1.76 bits per heavy atom. The van der Waals surface area contributed by atoms with E-state index in [4.69, 9.17) is 0 Å². The lowest BCUT2D eigenvalue weighted by atomic mass is 10.1. The van der Waals surface area contributed by atoms with E-state index in [9.17, 15) is 9.59 Å². The lowest BCUT2D eigenvalue weighted by molar-refractivity contribution is -0.125. The van der Waals surface area contributed by atoms with Crippen LogP contribution in [0.15, 0.2) is 42.5 Å². The molecule has 25 heavy (non-hydrogen) atoms. The number of hydrogen-bond acceptors (Lipinski definition) is 2. The van der Waals surface area contributed by atoms with Crippen molar-refractivity contribution in [2.75, 3.05) is 16.8 Å². The van der Waals surface area contributed by atoms with E-state index in [1.165, 1.54) is 0 Å². The van der Waals surface area contributed by atoms with Gasteiger partial charge in [0.15, 0.2) is 0 Å². The number of benzene rings is 2. The van der Waals surface area contributed by atoms with Crippen molar-refractivity contribution in [1.82, 2.24) is 0 Å². The average Bonchev–Trinajstić information content (AvgIpc) is 2.57. The van der Waals surface area contributed by atoms with Crippen LogP contribution in [0, 0.1) is 13.8 Å². The van der Waals surface area contributed by atoms with Crippen LogP contribution in [0.25, 0.3) is 0 Å². The summed E-state index contributed by atoms with van der Waals surface area (Å²) >= 11 is 0. The normalized spacial score (nSPS) is 10.4. The first-order valence-electron chi connectivity index (χ1n) is 8.71. The van der Waals surface area contributed by atoms with Crippen molar-refractivity contribution in [3.8, 4) is 0 Å². The molecule has 2 rings (SSSR count). The van der Waals surface area contributed by atoms with Crippen LogP contribution in [0.2, 0.25) is 0 Å². The van der Waals surface area contributed by atoms with Crippen molar-refractivity contribution in [2.24, 2.45) is 0 Å². The van der Waals surface area contributed by atoms with E-state index in [2.05, 4.69) is 5.32 Å². The van der Waals surface area contributed by atoms with Gasteiger partial charge in [-0.2, -0.15) is 0 Å². The number of carbonyl (C=O) groups excluding carboxylic acids is 2. The Hall–Kier alpha value is -2.62. The van der Waals surface area contributed by atoms with E-state index in [-0.39, 0.29) is 18.2 Å². The van der Waals surface area contributed by atoms with Crippen LogP contribution < -0.4 is 10.2 Å². The second-order valence-electron chi connectivity index (χ2n) is 6.16. The highest BCUT2D eigenvalue weighted by molar-refractivity contribution is 6.09. The fourth-order valence-electron chi connectivity index (χ4n) is 2.92. The summed E-state index contributed by atoms with van der Waals surface area (Å²) in [7, 11) is 0. The van der Waals surface area contributed by atoms with Gasteiger partial charge in [-0.3, -0.25) is 9.59 Å². The van der Waals surface area contributed by atoms with Gasteiger partial charge in [-0.25, -0.2) is 0 Å². The Bertz CT molecular complexity index is 768. The molecular weight excluding hydrogens is 312 g/mol. The molecular formula is C21H26N2O2. The monoisotopic (exact) mass is 338 g/mol. The molecule has 0 radical (unpaired) electrons. The summed E-state index contributed by atoms with van der Waals surface area (Å²) in [4.78, 5) is 26.6. The largest absolute Gasteiger partial charge is 0.325 e. The van der Waals surface area contributed by atoms with E-state index in [1.807, 2.05) is 70.2 Å². The Morgan fingerprint density at radius 1 is 1.04 bits per heavy atom. The third kappa shape index (κ3) is 4.69. The maximum Gasteiger partial charge on any atom is 0.236 e. The molecule has 0 heterocycles. The fourth-order valence-corrected chi connectivity index (χ4v) is 2.92. The van der Waals surface area contributed by atoms with Crippen LogP contribution in [0.1, 0.15) is 37.0 Å². The van der Waals surface area contributed by atoms with Gasteiger partial charge in [0.2, 0.25) is 11.8 Å². The molecule has 0 spiro atoms. The molecule has 2 amide bonds. The average molecular weight is 338 g/mol. The van der Waals surface area contributed by atoms with E-state index >= 15 is 0 Å². The summed E-state index contributed by atoms with van der Waals surface area (Å²) in [5.74, 6) is -0.475. The van der Waals surface area contributed by atoms with Crippen LogP contribution in [0.3, 0.4) is 0 Å². The molecule has 2 aromatic carbocycles. The van der Waals surface area contributed by atoms with Crippen LogP contribution >= 0.6 is 0 Å². The van der Waals surface area contributed by atoms with Crippen LogP contribution in [0.4, 0.5) is 11.4 Å².